The van der Waals surface area contributed by atoms with Crippen LogP contribution in [0.15, 0.2) is 158 Å². The third kappa shape index (κ3) is 10.3. The van der Waals surface area contributed by atoms with Crippen LogP contribution in [0, 0.1) is 13.8 Å². The zero-order valence-corrected chi connectivity index (χ0v) is 53.8. The number of fused-ring (bicyclic) bond motifs is 12. The second kappa shape index (κ2) is 24.7. The highest BCUT2D eigenvalue weighted by Crippen LogP contribution is 2.60. The molecule has 12 heteroatoms. The average molecular weight is 1200 g/mol. The predicted molar refractivity (Wildman–Crippen MR) is 358 cm³/mol. The van der Waals surface area contributed by atoms with Gasteiger partial charge >= 0.3 is 11.9 Å². The Hall–Kier alpha value is -9.16. The largest absolute Gasteiger partial charge is 0.456 e. The molecule has 2 unspecified atom stereocenters. The minimum absolute atomic E-state index is 0.190. The summed E-state index contributed by atoms with van der Waals surface area (Å²) in [6.45, 7) is 24.0. The predicted octanol–water partition coefficient (Wildman–Crippen LogP) is 18.3. The van der Waals surface area contributed by atoms with E-state index in [2.05, 4.69) is 99.9 Å². The lowest BCUT2D eigenvalue weighted by atomic mass is 9.74. The zero-order chi connectivity index (χ0) is 63.2. The number of anilines is 6. The third-order valence-electron chi connectivity index (χ3n) is 19.2. The summed E-state index contributed by atoms with van der Waals surface area (Å²) in [5, 5.41) is 0. The molecule has 0 bridgehead atoms. The standard InChI is InChI=1S/C78H82N4O8/c1-11-16-40-79(41-17-12-2)58-36-38-64-72(46-58)87-70-44-50(6)68(48-66(70)77(64)62-26-22-20-24-60(62)74(85)89-77)81(52(8)83)56-32-28-54(29-33-56)76(10,15-5)55-30-34-57(35-31-55)82(53(9)84)69-49-67-71(45-51(69)7)88-73-47-59(80(42-18-13-3)43-19-14-4)37-39-65(73)78(67)63-27-23-21-25-61(63)75(86)90-78/h20-39,44-49H,11-19,40-43H2,1-10H3. The molecular formula is C78H82N4O8. The van der Waals surface area contributed by atoms with E-state index in [1.54, 1.807) is 23.6 Å². The maximum Gasteiger partial charge on any atom is 0.340 e. The lowest BCUT2D eigenvalue weighted by Crippen LogP contribution is -2.34. The second-order valence-corrected chi connectivity index (χ2v) is 24.9. The SMILES string of the molecule is CCCCN(CCCC)c1ccc2c(c1)Oc1cc(C)c(N(C(C)=O)c3ccc(C(C)(CC)c4ccc(N(C(C)=O)c5cc6c(cc5C)Oc5cc(N(CCCC)CCCC)ccc5C65OC(=O)c6ccccc65)cc4)cc3)cc1C21OC(=O)c2ccccc21. The Morgan fingerprint density at radius 2 is 0.767 bits per heavy atom. The monoisotopic (exact) mass is 1200 g/mol. The highest BCUT2D eigenvalue weighted by molar-refractivity contribution is 6.03. The van der Waals surface area contributed by atoms with Crippen LogP contribution in [-0.2, 0) is 35.7 Å². The van der Waals surface area contributed by atoms with Crippen molar-refractivity contribution in [3.63, 3.8) is 0 Å². The number of amides is 2. The fraction of sp³-hybridized carbons (Fsp3) is 0.333. The van der Waals surface area contributed by atoms with E-state index in [1.807, 2.05) is 123 Å². The molecule has 0 aromatic heterocycles. The Morgan fingerprint density at radius 3 is 1.11 bits per heavy atom. The van der Waals surface area contributed by atoms with Gasteiger partial charge in [-0.3, -0.25) is 19.4 Å². The lowest BCUT2D eigenvalue weighted by Gasteiger charge is -2.38. The van der Waals surface area contributed by atoms with E-state index < -0.39 is 28.6 Å². The van der Waals surface area contributed by atoms with Crippen LogP contribution in [-0.4, -0.2) is 49.9 Å². The van der Waals surface area contributed by atoms with Gasteiger partial charge < -0.3 is 28.7 Å². The Kier molecular flexibility index (Phi) is 16.7. The molecule has 0 saturated carbocycles. The quantitative estimate of drug-likeness (QED) is 0.0644. The van der Waals surface area contributed by atoms with Gasteiger partial charge in [0.25, 0.3) is 0 Å². The molecule has 2 amide bonds. The van der Waals surface area contributed by atoms with Gasteiger partial charge in [-0.05, 0) is 153 Å². The normalized spacial score (nSPS) is 16.9. The van der Waals surface area contributed by atoms with Gasteiger partial charge in [0.05, 0.1) is 22.5 Å². The van der Waals surface area contributed by atoms with Gasteiger partial charge in [0, 0.05) is 114 Å². The minimum atomic E-state index is -1.33. The lowest BCUT2D eigenvalue weighted by molar-refractivity contribution is -0.116. The van der Waals surface area contributed by atoms with Gasteiger partial charge in [0.2, 0.25) is 11.8 Å². The fourth-order valence-electron chi connectivity index (χ4n) is 14.1. The molecule has 2 atom stereocenters. The number of carbonyl (C=O) groups excluding carboxylic acids is 4. The summed E-state index contributed by atoms with van der Waals surface area (Å²) in [6.07, 6.45) is 9.34. The van der Waals surface area contributed by atoms with E-state index in [0.717, 1.165) is 140 Å². The highest BCUT2D eigenvalue weighted by atomic mass is 16.6. The molecule has 90 heavy (non-hydrogen) atoms. The summed E-state index contributed by atoms with van der Waals surface area (Å²) < 4.78 is 27.1. The Morgan fingerprint density at radius 1 is 0.422 bits per heavy atom. The van der Waals surface area contributed by atoms with Crippen molar-refractivity contribution in [2.24, 2.45) is 0 Å². The van der Waals surface area contributed by atoms with E-state index in [9.17, 15) is 19.2 Å². The Labute approximate surface area is 530 Å². The maximum atomic E-state index is 14.2. The molecule has 12 rings (SSSR count). The van der Waals surface area contributed by atoms with Gasteiger partial charge in [-0.1, -0.05) is 128 Å². The summed E-state index contributed by atoms with van der Waals surface area (Å²) >= 11 is 0. The molecule has 462 valence electrons. The van der Waals surface area contributed by atoms with Crippen molar-refractivity contribution in [2.45, 2.75) is 144 Å². The van der Waals surface area contributed by atoms with E-state index >= 15 is 0 Å². The number of hydrogen-bond acceptors (Lipinski definition) is 10. The van der Waals surface area contributed by atoms with Crippen molar-refractivity contribution in [3.05, 3.63) is 224 Å². The van der Waals surface area contributed by atoms with Gasteiger partial charge in [-0.25, -0.2) is 9.59 Å². The first-order valence-corrected chi connectivity index (χ1v) is 32.5. The molecule has 2 spiro atoms. The molecular weight excluding hydrogens is 1120 g/mol. The fourth-order valence-corrected chi connectivity index (χ4v) is 14.1. The van der Waals surface area contributed by atoms with Gasteiger partial charge in [-0.2, -0.15) is 0 Å². The van der Waals surface area contributed by atoms with Crippen LogP contribution in [0.2, 0.25) is 0 Å². The maximum absolute atomic E-state index is 14.2. The number of benzene rings is 8. The van der Waals surface area contributed by atoms with Crippen molar-refractivity contribution in [1.29, 1.82) is 0 Å². The zero-order valence-electron chi connectivity index (χ0n) is 53.8. The number of ether oxygens (including phenoxy) is 4. The smallest absolute Gasteiger partial charge is 0.340 e. The second-order valence-electron chi connectivity index (χ2n) is 24.9. The third-order valence-corrected chi connectivity index (χ3v) is 19.2. The van der Waals surface area contributed by atoms with Crippen molar-refractivity contribution in [1.82, 2.24) is 0 Å². The van der Waals surface area contributed by atoms with Crippen LogP contribution in [0.4, 0.5) is 34.1 Å². The number of esters is 2. The molecule has 0 fully saturated rings. The molecule has 4 aliphatic rings. The number of carbonyl (C=O) groups is 4. The molecule has 0 saturated heterocycles. The molecule has 8 aromatic rings. The van der Waals surface area contributed by atoms with Gasteiger partial charge in [-0.15, -0.1) is 0 Å². The molecule has 4 heterocycles. The number of nitrogens with zero attached hydrogens (tertiary/aromatic N) is 4. The van der Waals surface area contributed by atoms with Crippen LogP contribution in [0.5, 0.6) is 23.0 Å². The topological polar surface area (TPSA) is 118 Å². The number of unbranched alkanes of at least 4 members (excludes halogenated alkanes) is 4. The molecule has 0 aliphatic carbocycles. The summed E-state index contributed by atoms with van der Waals surface area (Å²) in [6, 6.07) is 51.8. The van der Waals surface area contributed by atoms with E-state index in [-0.39, 0.29) is 11.8 Å². The number of aryl methyl sites for hydroxylation is 2. The van der Waals surface area contributed by atoms with E-state index in [0.29, 0.717) is 68.0 Å². The summed E-state index contributed by atoms with van der Waals surface area (Å²) in [7, 11) is 0. The van der Waals surface area contributed by atoms with Crippen LogP contribution in [0.1, 0.15) is 190 Å². The van der Waals surface area contributed by atoms with Crippen LogP contribution >= 0.6 is 0 Å². The summed E-state index contributed by atoms with van der Waals surface area (Å²) in [4.78, 5) is 64.7. The van der Waals surface area contributed by atoms with Crippen LogP contribution in [0.25, 0.3) is 0 Å². The number of hydrogen-bond donors (Lipinski definition) is 0. The van der Waals surface area contributed by atoms with Crippen LogP contribution < -0.4 is 29.1 Å². The minimum Gasteiger partial charge on any atom is -0.456 e. The molecule has 12 nitrogen and oxygen atoms in total. The Balaban J connectivity index is 0.864. The molecule has 4 aliphatic heterocycles. The van der Waals surface area contributed by atoms with E-state index in [1.165, 1.54) is 0 Å². The summed E-state index contributed by atoms with van der Waals surface area (Å²) in [5.74, 6) is 1.16. The van der Waals surface area contributed by atoms with Gasteiger partial charge in [0.1, 0.15) is 23.0 Å². The van der Waals surface area contributed by atoms with Crippen molar-refractivity contribution >= 4 is 57.9 Å². The molecule has 8 aromatic carbocycles. The molecule has 0 radical (unpaired) electrons. The van der Waals surface area contributed by atoms with Crippen molar-refractivity contribution in [2.75, 3.05) is 45.8 Å². The summed E-state index contributed by atoms with van der Waals surface area (Å²) in [5.41, 5.74) is 10.5. The molecule has 0 N–H and O–H groups in total. The average Bonchev–Trinajstić information content (AvgIpc) is 1.42. The highest BCUT2D eigenvalue weighted by Gasteiger charge is 2.56. The van der Waals surface area contributed by atoms with E-state index in [4.69, 9.17) is 18.9 Å². The number of rotatable bonds is 21. The van der Waals surface area contributed by atoms with Crippen LogP contribution in [0.3, 0.4) is 0 Å². The first kappa shape index (κ1) is 61.1. The van der Waals surface area contributed by atoms with Crippen molar-refractivity contribution < 1.29 is 38.1 Å². The first-order valence-electron chi connectivity index (χ1n) is 32.5. The Bertz CT molecular complexity index is 3820. The first-order chi connectivity index (χ1) is 43.5. The van der Waals surface area contributed by atoms with Gasteiger partial charge in [0.15, 0.2) is 11.2 Å². The van der Waals surface area contributed by atoms with Crippen molar-refractivity contribution in [3.8, 4) is 23.0 Å².